The first-order valence-corrected chi connectivity index (χ1v) is 10.7. The lowest BCUT2D eigenvalue weighted by molar-refractivity contribution is -0.130. The van der Waals surface area contributed by atoms with Crippen LogP contribution in [0.5, 0.6) is 5.88 Å². The van der Waals surface area contributed by atoms with Crippen LogP contribution in [0.25, 0.3) is 0 Å². The zero-order valence-electron chi connectivity index (χ0n) is 14.0. The Kier molecular flexibility index (Phi) is 5.93. The van der Waals surface area contributed by atoms with Gasteiger partial charge >= 0.3 is 0 Å². The molecule has 6 nitrogen and oxygen atoms in total. The maximum absolute atomic E-state index is 12.4. The number of pyridine rings is 1. The first-order valence-electron chi connectivity index (χ1n) is 8.28. The number of rotatable bonds is 6. The van der Waals surface area contributed by atoms with Gasteiger partial charge in [-0.25, -0.2) is 13.4 Å². The van der Waals surface area contributed by atoms with Crippen molar-refractivity contribution in [2.75, 3.05) is 18.8 Å². The number of aromatic nitrogens is 1. The predicted octanol–water partition coefficient (Wildman–Crippen LogP) is 2.69. The van der Waals surface area contributed by atoms with E-state index in [1.807, 2.05) is 6.07 Å². The second-order valence-corrected chi connectivity index (χ2v) is 9.09. The van der Waals surface area contributed by atoms with Gasteiger partial charge in [0.15, 0.2) is 9.84 Å². The van der Waals surface area contributed by atoms with Gasteiger partial charge in [0, 0.05) is 36.1 Å². The summed E-state index contributed by atoms with van der Waals surface area (Å²) in [5, 5.41) is 0. The van der Waals surface area contributed by atoms with E-state index >= 15 is 0 Å². The zero-order valence-corrected chi connectivity index (χ0v) is 16.4. The monoisotopic (exact) mass is 438 g/mol. The molecule has 2 heterocycles. The fourth-order valence-electron chi connectivity index (χ4n) is 2.78. The van der Waals surface area contributed by atoms with Crippen molar-refractivity contribution in [3.05, 3.63) is 53.1 Å². The number of hydrogen-bond acceptors (Lipinski definition) is 5. The average Bonchev–Trinajstić information content (AvgIpc) is 3.11. The molecule has 26 heavy (non-hydrogen) atoms. The second-order valence-electron chi connectivity index (χ2n) is 6.06. The lowest BCUT2D eigenvalue weighted by Gasteiger charge is -2.17. The molecule has 2 aromatic rings. The van der Waals surface area contributed by atoms with E-state index in [9.17, 15) is 13.2 Å². The second kappa shape index (κ2) is 8.18. The van der Waals surface area contributed by atoms with E-state index in [0.29, 0.717) is 25.4 Å². The summed E-state index contributed by atoms with van der Waals surface area (Å²) in [6.07, 6.45) is 2.20. The van der Waals surface area contributed by atoms with Crippen LogP contribution >= 0.6 is 15.9 Å². The van der Waals surface area contributed by atoms with Crippen LogP contribution in [0.4, 0.5) is 0 Å². The van der Waals surface area contributed by atoms with E-state index in [0.717, 1.165) is 4.47 Å². The summed E-state index contributed by atoms with van der Waals surface area (Å²) >= 11 is 3.32. The van der Waals surface area contributed by atoms with Gasteiger partial charge in [-0.2, -0.15) is 0 Å². The fraction of sp³-hybridized carbons (Fsp3) is 0.333. The molecule has 0 aliphatic carbocycles. The molecule has 0 radical (unpaired) electrons. The third kappa shape index (κ3) is 4.82. The molecule has 138 valence electrons. The van der Waals surface area contributed by atoms with Crippen molar-refractivity contribution in [3.63, 3.8) is 0 Å². The summed E-state index contributed by atoms with van der Waals surface area (Å²) < 4.78 is 31.2. The maximum atomic E-state index is 12.4. The highest BCUT2D eigenvalue weighted by Crippen LogP contribution is 2.19. The van der Waals surface area contributed by atoms with Crippen molar-refractivity contribution in [1.29, 1.82) is 0 Å². The van der Waals surface area contributed by atoms with Crippen molar-refractivity contribution in [2.45, 2.75) is 23.8 Å². The molecule has 1 saturated heterocycles. The Morgan fingerprint density at radius 1 is 1.23 bits per heavy atom. The Hall–Kier alpha value is -1.93. The SMILES string of the molecule is O=C(CCS(=O)(=O)c1ccccc1)N1CCC(Oc2ccc(Br)cn2)C1. The van der Waals surface area contributed by atoms with Crippen LogP contribution in [-0.4, -0.2) is 49.2 Å². The van der Waals surface area contributed by atoms with Gasteiger partial charge in [0.05, 0.1) is 17.2 Å². The van der Waals surface area contributed by atoms with Crippen molar-refractivity contribution < 1.29 is 17.9 Å². The molecule has 1 aromatic heterocycles. The third-order valence-corrected chi connectivity index (χ3v) is 6.37. The van der Waals surface area contributed by atoms with Crippen LogP contribution in [0.15, 0.2) is 58.0 Å². The Labute approximate surface area is 161 Å². The quantitative estimate of drug-likeness (QED) is 0.692. The molecule has 0 saturated carbocycles. The van der Waals surface area contributed by atoms with Gasteiger partial charge in [-0.3, -0.25) is 4.79 Å². The highest BCUT2D eigenvalue weighted by Gasteiger charge is 2.28. The molecule has 1 aliphatic heterocycles. The third-order valence-electron chi connectivity index (χ3n) is 4.17. The molecule has 1 aromatic carbocycles. The number of hydrogen-bond donors (Lipinski definition) is 0. The molecular formula is C18H19BrN2O4S. The van der Waals surface area contributed by atoms with Crippen LogP contribution in [0.3, 0.4) is 0 Å². The Morgan fingerprint density at radius 2 is 2.00 bits per heavy atom. The van der Waals surface area contributed by atoms with E-state index in [-0.39, 0.29) is 29.1 Å². The molecule has 1 atom stereocenters. The van der Waals surface area contributed by atoms with Crippen molar-refractivity contribution in [1.82, 2.24) is 9.88 Å². The number of halogens is 1. The molecule has 0 spiro atoms. The van der Waals surface area contributed by atoms with E-state index < -0.39 is 9.84 Å². The molecule has 0 bridgehead atoms. The van der Waals surface area contributed by atoms with Crippen LogP contribution < -0.4 is 4.74 Å². The topological polar surface area (TPSA) is 76.6 Å². The lowest BCUT2D eigenvalue weighted by Crippen LogP contribution is -2.32. The number of ether oxygens (including phenoxy) is 1. The number of likely N-dealkylation sites (tertiary alicyclic amines) is 1. The highest BCUT2D eigenvalue weighted by atomic mass is 79.9. The van der Waals surface area contributed by atoms with Gasteiger partial charge in [0.2, 0.25) is 11.8 Å². The number of nitrogens with zero attached hydrogens (tertiary/aromatic N) is 2. The van der Waals surface area contributed by atoms with E-state index in [1.165, 1.54) is 0 Å². The number of carbonyl (C=O) groups is 1. The zero-order chi connectivity index (χ0) is 18.6. The Bertz CT molecular complexity index is 857. The minimum Gasteiger partial charge on any atom is -0.472 e. The minimum atomic E-state index is -3.44. The van der Waals surface area contributed by atoms with Crippen LogP contribution in [-0.2, 0) is 14.6 Å². The van der Waals surface area contributed by atoms with Gasteiger partial charge in [-0.1, -0.05) is 18.2 Å². The van der Waals surface area contributed by atoms with E-state index in [2.05, 4.69) is 20.9 Å². The maximum Gasteiger partial charge on any atom is 0.223 e. The van der Waals surface area contributed by atoms with Gasteiger partial charge in [0.25, 0.3) is 0 Å². The molecule has 1 aliphatic rings. The number of benzene rings is 1. The molecule has 3 rings (SSSR count). The summed E-state index contributed by atoms with van der Waals surface area (Å²) in [5.74, 6) is 0.158. The van der Waals surface area contributed by atoms with Gasteiger partial charge in [0.1, 0.15) is 6.10 Å². The van der Waals surface area contributed by atoms with Crippen molar-refractivity contribution in [2.24, 2.45) is 0 Å². The standard InChI is InChI=1S/C18H19BrN2O4S/c19-14-6-7-17(20-12-14)25-15-8-10-21(13-15)18(22)9-11-26(23,24)16-4-2-1-3-5-16/h1-7,12,15H,8-11,13H2. The lowest BCUT2D eigenvalue weighted by atomic mass is 10.3. The molecule has 1 fully saturated rings. The fourth-order valence-corrected chi connectivity index (χ4v) is 4.26. The van der Waals surface area contributed by atoms with Crippen LogP contribution in [0, 0.1) is 0 Å². The van der Waals surface area contributed by atoms with Gasteiger partial charge < -0.3 is 9.64 Å². The molecular weight excluding hydrogens is 420 g/mol. The summed E-state index contributed by atoms with van der Waals surface area (Å²) in [4.78, 5) is 18.4. The molecule has 1 amide bonds. The van der Waals surface area contributed by atoms with Crippen LogP contribution in [0.2, 0.25) is 0 Å². The first kappa shape index (κ1) is 18.8. The summed E-state index contributed by atoms with van der Waals surface area (Å²) in [6, 6.07) is 11.8. The van der Waals surface area contributed by atoms with Crippen LogP contribution in [0.1, 0.15) is 12.8 Å². The molecule has 0 N–H and O–H groups in total. The van der Waals surface area contributed by atoms with E-state index in [1.54, 1.807) is 47.5 Å². The molecule has 8 heteroatoms. The predicted molar refractivity (Wildman–Crippen MR) is 101 cm³/mol. The number of carbonyl (C=O) groups excluding carboxylic acids is 1. The summed E-state index contributed by atoms with van der Waals surface area (Å²) in [5.41, 5.74) is 0. The number of amides is 1. The summed E-state index contributed by atoms with van der Waals surface area (Å²) in [6.45, 7) is 1.01. The van der Waals surface area contributed by atoms with Gasteiger partial charge in [-0.05, 0) is 34.1 Å². The average molecular weight is 439 g/mol. The van der Waals surface area contributed by atoms with Gasteiger partial charge in [-0.15, -0.1) is 0 Å². The Morgan fingerprint density at radius 3 is 2.69 bits per heavy atom. The first-order chi connectivity index (χ1) is 12.4. The molecule has 1 unspecified atom stereocenters. The number of sulfone groups is 1. The Balaban J connectivity index is 1.51. The van der Waals surface area contributed by atoms with E-state index in [4.69, 9.17) is 4.74 Å². The largest absolute Gasteiger partial charge is 0.472 e. The normalized spacial score (nSPS) is 17.3. The minimum absolute atomic E-state index is 0.0273. The highest BCUT2D eigenvalue weighted by molar-refractivity contribution is 9.10. The summed E-state index contributed by atoms with van der Waals surface area (Å²) in [7, 11) is -3.44. The van der Waals surface area contributed by atoms with Crippen molar-refractivity contribution >= 4 is 31.7 Å². The van der Waals surface area contributed by atoms with Crippen molar-refractivity contribution in [3.8, 4) is 5.88 Å². The smallest absolute Gasteiger partial charge is 0.223 e.